The molecule has 0 aliphatic rings. The van der Waals surface area contributed by atoms with Crippen LogP contribution in [0.5, 0.6) is 0 Å². The summed E-state index contributed by atoms with van der Waals surface area (Å²) >= 11 is 0. The molecule has 1 unspecified atom stereocenters. The van der Waals surface area contributed by atoms with Crippen LogP contribution in [0.3, 0.4) is 0 Å². The Kier molecular flexibility index (Phi) is 8.05. The highest BCUT2D eigenvalue weighted by atomic mass is 16.3. The van der Waals surface area contributed by atoms with Crippen LogP contribution in [0.2, 0.25) is 0 Å². The molecule has 1 N–H and O–H groups in total. The van der Waals surface area contributed by atoms with Gasteiger partial charge in [-0.1, -0.05) is 18.9 Å². The van der Waals surface area contributed by atoms with E-state index in [1.807, 2.05) is 25.1 Å². The van der Waals surface area contributed by atoms with Gasteiger partial charge in [-0.2, -0.15) is 0 Å². The Morgan fingerprint density at radius 3 is 2.54 bits per heavy atom. The lowest BCUT2D eigenvalue weighted by atomic mass is 10.1. The van der Waals surface area contributed by atoms with Crippen molar-refractivity contribution in [3.8, 4) is 0 Å². The summed E-state index contributed by atoms with van der Waals surface area (Å²) in [5.74, 6) is 0. The Labute approximate surface area is 82.3 Å². The normalized spacial score (nSPS) is 13.2. The van der Waals surface area contributed by atoms with Gasteiger partial charge in [0.15, 0.2) is 0 Å². The third kappa shape index (κ3) is 9.57. The highest BCUT2D eigenvalue weighted by molar-refractivity contribution is 4.66. The summed E-state index contributed by atoms with van der Waals surface area (Å²) in [6, 6.07) is 0. The molecule has 13 heavy (non-hydrogen) atoms. The maximum absolute atomic E-state index is 9.51. The van der Waals surface area contributed by atoms with E-state index in [-0.39, 0.29) is 6.10 Å². The molecule has 0 aromatic rings. The van der Waals surface area contributed by atoms with Crippen molar-refractivity contribution < 1.29 is 5.11 Å². The molecule has 0 spiro atoms. The number of allylic oxidation sites excluding steroid dienone is 1. The van der Waals surface area contributed by atoms with Crippen molar-refractivity contribution in [2.24, 2.45) is 0 Å². The zero-order valence-electron chi connectivity index (χ0n) is 9.00. The van der Waals surface area contributed by atoms with Gasteiger partial charge in [-0.3, -0.25) is 0 Å². The third-order valence-electron chi connectivity index (χ3n) is 2.02. The summed E-state index contributed by atoms with van der Waals surface area (Å²) in [7, 11) is 3.97. The van der Waals surface area contributed by atoms with Crippen molar-refractivity contribution in [2.75, 3.05) is 20.6 Å². The van der Waals surface area contributed by atoms with Gasteiger partial charge in [-0.05, 0) is 33.4 Å². The van der Waals surface area contributed by atoms with Crippen molar-refractivity contribution in [2.45, 2.75) is 38.2 Å². The second-order valence-electron chi connectivity index (χ2n) is 3.84. The minimum Gasteiger partial charge on any atom is -0.392 e. The van der Waals surface area contributed by atoms with E-state index in [2.05, 4.69) is 6.58 Å². The fourth-order valence-corrected chi connectivity index (χ4v) is 1.36. The van der Waals surface area contributed by atoms with E-state index < -0.39 is 0 Å². The number of hydrogen-bond acceptors (Lipinski definition) is 2. The lowest BCUT2D eigenvalue weighted by Crippen LogP contribution is -2.25. The predicted molar refractivity (Wildman–Crippen MR) is 57.8 cm³/mol. The first-order valence-corrected chi connectivity index (χ1v) is 5.10. The number of hydrogen-bond donors (Lipinski definition) is 1. The highest BCUT2D eigenvalue weighted by Gasteiger charge is 2.03. The first kappa shape index (κ1) is 12.7. The van der Waals surface area contributed by atoms with Crippen LogP contribution >= 0.6 is 0 Å². The van der Waals surface area contributed by atoms with Crippen LogP contribution in [0.4, 0.5) is 0 Å². The Morgan fingerprint density at radius 2 is 2.00 bits per heavy atom. The number of nitrogens with zero attached hydrogens (tertiary/aromatic N) is 1. The minimum atomic E-state index is -0.154. The summed E-state index contributed by atoms with van der Waals surface area (Å²) < 4.78 is 0. The minimum absolute atomic E-state index is 0.154. The molecule has 0 bridgehead atoms. The summed E-state index contributed by atoms with van der Waals surface area (Å²) in [4.78, 5) is 2.02. The molecule has 0 aromatic heterocycles. The Hall–Kier alpha value is -0.340. The molecule has 2 heteroatoms. The van der Waals surface area contributed by atoms with Crippen molar-refractivity contribution in [3.05, 3.63) is 12.7 Å². The van der Waals surface area contributed by atoms with Gasteiger partial charge < -0.3 is 10.0 Å². The summed E-state index contributed by atoms with van der Waals surface area (Å²) in [6.45, 7) is 4.46. The van der Waals surface area contributed by atoms with Crippen LogP contribution in [-0.2, 0) is 0 Å². The third-order valence-corrected chi connectivity index (χ3v) is 2.02. The molecule has 0 aromatic carbocycles. The Bertz CT molecular complexity index is 123. The van der Waals surface area contributed by atoms with E-state index in [1.165, 1.54) is 12.8 Å². The Balaban J connectivity index is 3.16. The van der Waals surface area contributed by atoms with Gasteiger partial charge in [-0.25, -0.2) is 0 Å². The Morgan fingerprint density at radius 1 is 1.31 bits per heavy atom. The van der Waals surface area contributed by atoms with Crippen molar-refractivity contribution in [1.29, 1.82) is 0 Å². The number of aliphatic hydroxyl groups is 1. The van der Waals surface area contributed by atoms with E-state index in [0.29, 0.717) is 0 Å². The van der Waals surface area contributed by atoms with Gasteiger partial charge in [0.05, 0.1) is 6.10 Å². The lowest BCUT2D eigenvalue weighted by Gasteiger charge is -2.15. The van der Waals surface area contributed by atoms with Gasteiger partial charge in [0.1, 0.15) is 0 Å². The average molecular weight is 185 g/mol. The zero-order chi connectivity index (χ0) is 10.1. The van der Waals surface area contributed by atoms with E-state index in [1.54, 1.807) is 0 Å². The maximum atomic E-state index is 9.51. The van der Waals surface area contributed by atoms with Crippen LogP contribution in [0, 0.1) is 0 Å². The maximum Gasteiger partial charge on any atom is 0.0666 e. The second kappa shape index (κ2) is 8.27. The van der Waals surface area contributed by atoms with E-state index in [9.17, 15) is 5.11 Å². The quantitative estimate of drug-likeness (QED) is 0.462. The molecule has 78 valence electrons. The number of rotatable bonds is 8. The molecule has 0 fully saturated rings. The number of aliphatic hydroxyl groups excluding tert-OH is 1. The number of likely N-dealkylation sites (N-methyl/N-ethyl adjacent to an activating group) is 1. The molecule has 0 aliphatic heterocycles. The highest BCUT2D eigenvalue weighted by Crippen LogP contribution is 2.06. The second-order valence-corrected chi connectivity index (χ2v) is 3.84. The predicted octanol–water partition coefficient (Wildman–Crippen LogP) is 2.05. The van der Waals surface area contributed by atoms with E-state index >= 15 is 0 Å². The molecule has 0 heterocycles. The first-order valence-electron chi connectivity index (χ1n) is 5.10. The van der Waals surface area contributed by atoms with E-state index in [4.69, 9.17) is 0 Å². The molecule has 1 atom stereocenters. The molecule has 0 saturated carbocycles. The van der Waals surface area contributed by atoms with Crippen molar-refractivity contribution in [1.82, 2.24) is 4.90 Å². The lowest BCUT2D eigenvalue weighted by molar-refractivity contribution is 0.125. The van der Waals surface area contributed by atoms with Gasteiger partial charge >= 0.3 is 0 Å². The van der Waals surface area contributed by atoms with Crippen LogP contribution in [0.1, 0.15) is 32.1 Å². The van der Waals surface area contributed by atoms with Crippen LogP contribution < -0.4 is 0 Å². The summed E-state index contributed by atoms with van der Waals surface area (Å²) in [5.41, 5.74) is 0. The number of unbranched alkanes of at least 4 members (excludes halogenated alkanes) is 3. The molecule has 0 radical (unpaired) electrons. The van der Waals surface area contributed by atoms with Gasteiger partial charge in [-0.15, -0.1) is 6.58 Å². The molecule has 0 saturated heterocycles. The molecular weight excluding hydrogens is 162 g/mol. The van der Waals surface area contributed by atoms with Crippen LogP contribution in [-0.4, -0.2) is 36.8 Å². The van der Waals surface area contributed by atoms with Gasteiger partial charge in [0, 0.05) is 6.54 Å². The van der Waals surface area contributed by atoms with Crippen molar-refractivity contribution in [3.63, 3.8) is 0 Å². The molecule has 0 rings (SSSR count). The van der Waals surface area contributed by atoms with Crippen LogP contribution in [0.25, 0.3) is 0 Å². The molecule has 0 amide bonds. The fraction of sp³-hybridized carbons (Fsp3) is 0.818. The summed E-state index contributed by atoms with van der Waals surface area (Å²) in [5, 5.41) is 9.51. The zero-order valence-corrected chi connectivity index (χ0v) is 9.00. The largest absolute Gasteiger partial charge is 0.392 e. The molecule has 2 nitrogen and oxygen atoms in total. The molecular formula is C11H23NO. The topological polar surface area (TPSA) is 23.5 Å². The smallest absolute Gasteiger partial charge is 0.0666 e. The SMILES string of the molecule is C=CCCCCCC(O)CN(C)C. The first-order chi connectivity index (χ1) is 6.16. The van der Waals surface area contributed by atoms with Gasteiger partial charge in [0.25, 0.3) is 0 Å². The monoisotopic (exact) mass is 185 g/mol. The average Bonchev–Trinajstić information content (AvgIpc) is 2.02. The van der Waals surface area contributed by atoms with Crippen molar-refractivity contribution >= 4 is 0 Å². The van der Waals surface area contributed by atoms with Crippen LogP contribution in [0.15, 0.2) is 12.7 Å². The standard InChI is InChI=1S/C11H23NO/c1-4-5-6-7-8-9-11(13)10-12(2)3/h4,11,13H,1,5-10H2,2-3H3. The summed E-state index contributed by atoms with van der Waals surface area (Å²) in [6.07, 6.45) is 7.37. The molecule has 0 aliphatic carbocycles. The fourth-order valence-electron chi connectivity index (χ4n) is 1.36. The van der Waals surface area contributed by atoms with Gasteiger partial charge in [0.2, 0.25) is 0 Å². The van der Waals surface area contributed by atoms with E-state index in [0.717, 1.165) is 25.8 Å².